The molecule has 0 heterocycles. The Morgan fingerprint density at radius 3 is 1.74 bits per heavy atom. The number of amides is 2. The number of ether oxygens (including phenoxy) is 2. The summed E-state index contributed by atoms with van der Waals surface area (Å²) in [6, 6.07) is 0.194. The zero-order valence-electron chi connectivity index (χ0n) is 28.7. The normalized spacial score (nSPS) is 13.0. The van der Waals surface area contributed by atoms with Crippen molar-refractivity contribution in [1.82, 2.24) is 9.80 Å². The zero-order valence-corrected chi connectivity index (χ0v) is 31.8. The highest BCUT2D eigenvalue weighted by atomic mass is 127. The average molecular weight is 726 g/mol. The largest absolute Gasteiger partial charge is 0.444 e. The van der Waals surface area contributed by atoms with Crippen LogP contribution >= 0.6 is 31.0 Å². The number of halogens is 1. The maximum Gasteiger partial charge on any atom is 0.410 e. The van der Waals surface area contributed by atoms with Gasteiger partial charge in [-0.1, -0.05) is 63.5 Å². The fraction of sp³-hybridized carbons (Fsp3) is 0.697. The molecule has 42 heavy (non-hydrogen) atoms. The van der Waals surface area contributed by atoms with Gasteiger partial charge in [0.1, 0.15) is 11.2 Å². The van der Waals surface area contributed by atoms with Crippen molar-refractivity contribution in [2.75, 3.05) is 26.7 Å². The third-order valence-corrected chi connectivity index (χ3v) is 5.39. The van der Waals surface area contributed by atoms with Gasteiger partial charge in [0.2, 0.25) is 0 Å². The van der Waals surface area contributed by atoms with Crippen LogP contribution < -0.4 is 5.73 Å². The van der Waals surface area contributed by atoms with E-state index < -0.39 is 11.2 Å². The Morgan fingerprint density at radius 1 is 0.881 bits per heavy atom. The van der Waals surface area contributed by atoms with Crippen molar-refractivity contribution >= 4 is 43.2 Å². The lowest BCUT2D eigenvalue weighted by Crippen LogP contribution is -2.46. The van der Waals surface area contributed by atoms with E-state index in [0.29, 0.717) is 26.1 Å². The molecule has 1 saturated carbocycles. The first-order valence-corrected chi connectivity index (χ1v) is 18.1. The standard InChI is InChI=1S/C28H48N2O4.C2H6.C2H4.CH5N.HIS/c1-10-23(18-17-22(2)3)21-29(25(31)33-27(4,5)6)19-14-20-30(24-15-12-11-13-16-24)26(32)34-28(7,8)9;4*1-2/h10,17-18,24H,1,11-16,19-21H2,2-9H3;1-2H3;1-2H2;2H2,1H3;2H/b23-18+;;;;. The van der Waals surface area contributed by atoms with Crippen LogP contribution in [0, 0.1) is 0 Å². The minimum Gasteiger partial charge on any atom is -0.444 e. The van der Waals surface area contributed by atoms with Crippen molar-refractivity contribution in [3.05, 3.63) is 49.1 Å². The summed E-state index contributed by atoms with van der Waals surface area (Å²) in [6.07, 6.45) is 11.3. The predicted octanol–water partition coefficient (Wildman–Crippen LogP) is 9.93. The third kappa shape index (κ3) is 26.2. The molecule has 9 heteroatoms. The lowest BCUT2D eigenvalue weighted by Gasteiger charge is -2.36. The van der Waals surface area contributed by atoms with Crippen molar-refractivity contribution in [2.24, 2.45) is 5.73 Å². The van der Waals surface area contributed by atoms with Gasteiger partial charge in [-0.25, -0.2) is 9.59 Å². The molecule has 0 spiro atoms. The Hall–Kier alpha value is -1.46. The van der Waals surface area contributed by atoms with Crippen LogP contribution in [0.3, 0.4) is 0 Å². The summed E-state index contributed by atoms with van der Waals surface area (Å²) >= 11 is 1.84. The second-order valence-corrected chi connectivity index (χ2v) is 11.4. The summed E-state index contributed by atoms with van der Waals surface area (Å²) in [7, 11) is 5.00. The van der Waals surface area contributed by atoms with E-state index in [1.54, 1.807) is 11.0 Å². The lowest BCUT2D eigenvalue weighted by atomic mass is 9.94. The molecule has 0 aromatic rings. The van der Waals surface area contributed by atoms with Gasteiger partial charge in [-0.2, -0.15) is 0 Å². The number of hydrogen-bond acceptors (Lipinski definition) is 6. The second-order valence-electron chi connectivity index (χ2n) is 11.4. The van der Waals surface area contributed by atoms with Crippen molar-refractivity contribution in [3.63, 3.8) is 0 Å². The van der Waals surface area contributed by atoms with E-state index in [-0.39, 0.29) is 18.2 Å². The molecular weight excluding hydrogens is 661 g/mol. The highest BCUT2D eigenvalue weighted by Crippen LogP contribution is 2.25. The van der Waals surface area contributed by atoms with Gasteiger partial charge in [0.05, 0.1) is 0 Å². The molecule has 248 valence electrons. The summed E-state index contributed by atoms with van der Waals surface area (Å²) < 4.78 is 11.4. The maximum atomic E-state index is 13.0. The fourth-order valence-corrected chi connectivity index (χ4v) is 3.81. The predicted molar refractivity (Wildman–Crippen MR) is 196 cm³/mol. The van der Waals surface area contributed by atoms with Gasteiger partial charge in [0, 0.05) is 25.7 Å². The van der Waals surface area contributed by atoms with Gasteiger partial charge in [0.15, 0.2) is 0 Å². The van der Waals surface area contributed by atoms with Crippen LogP contribution in [0.4, 0.5) is 9.59 Å². The van der Waals surface area contributed by atoms with E-state index >= 15 is 0 Å². The number of rotatable bonds is 9. The average Bonchev–Trinajstić information content (AvgIpc) is 2.95. The van der Waals surface area contributed by atoms with Gasteiger partial charge in [-0.15, -0.1) is 23.0 Å². The van der Waals surface area contributed by atoms with E-state index in [4.69, 9.17) is 9.47 Å². The molecule has 0 aromatic heterocycles. The number of carbonyl (C=O) groups is 2. The van der Waals surface area contributed by atoms with Crippen LogP contribution in [0.2, 0.25) is 0 Å². The highest BCUT2D eigenvalue weighted by Gasteiger charge is 2.30. The van der Waals surface area contributed by atoms with Crippen LogP contribution in [0.1, 0.15) is 108 Å². The number of thiol groups is 1. The smallest absolute Gasteiger partial charge is 0.410 e. The molecule has 1 aliphatic rings. The van der Waals surface area contributed by atoms with Crippen molar-refractivity contribution in [2.45, 2.75) is 125 Å². The molecule has 1 fully saturated rings. The summed E-state index contributed by atoms with van der Waals surface area (Å²) in [5, 5.41) is 0. The Balaban J connectivity index is -0.000000826. The molecule has 0 unspecified atom stereocenters. The highest BCUT2D eigenvalue weighted by molar-refractivity contribution is 14.2. The van der Waals surface area contributed by atoms with Gasteiger partial charge >= 0.3 is 12.2 Å². The minimum atomic E-state index is -0.585. The summed E-state index contributed by atoms with van der Waals surface area (Å²) in [5.41, 5.74) is 5.48. The van der Waals surface area contributed by atoms with Crippen molar-refractivity contribution in [3.8, 4) is 0 Å². The van der Waals surface area contributed by atoms with Gasteiger partial charge in [-0.3, -0.25) is 0 Å². The molecule has 0 atom stereocenters. The summed E-state index contributed by atoms with van der Waals surface area (Å²) in [6.45, 7) is 30.6. The van der Waals surface area contributed by atoms with Gasteiger partial charge in [-0.05, 0) is 108 Å². The van der Waals surface area contributed by atoms with E-state index in [0.717, 1.165) is 31.3 Å². The summed E-state index contributed by atoms with van der Waals surface area (Å²) in [4.78, 5) is 29.5. The molecule has 7 nitrogen and oxygen atoms in total. The minimum absolute atomic E-state index is 0.194. The summed E-state index contributed by atoms with van der Waals surface area (Å²) in [5.74, 6) is 0. The lowest BCUT2D eigenvalue weighted by molar-refractivity contribution is 0.0103. The molecule has 0 saturated heterocycles. The van der Waals surface area contributed by atoms with Crippen LogP contribution in [-0.4, -0.2) is 65.9 Å². The Labute approximate surface area is 277 Å². The Kier molecular flexibility index (Phi) is 32.0. The molecule has 1 aliphatic carbocycles. The first kappa shape index (κ1) is 47.5. The number of nitrogens with two attached hydrogens (primary N) is 1. The Morgan fingerprint density at radius 2 is 1.33 bits per heavy atom. The van der Waals surface area contributed by atoms with Crippen molar-refractivity contribution < 1.29 is 19.1 Å². The first-order chi connectivity index (χ1) is 19.7. The number of nitrogens with zero attached hydrogens (tertiary/aromatic N) is 2. The zero-order chi connectivity index (χ0) is 33.9. The van der Waals surface area contributed by atoms with Crippen molar-refractivity contribution in [1.29, 1.82) is 0 Å². The number of carbonyl (C=O) groups excluding carboxylic acids is 2. The molecule has 2 N–H and O–H groups in total. The fourth-order valence-electron chi connectivity index (χ4n) is 3.81. The van der Waals surface area contributed by atoms with E-state index in [1.165, 1.54) is 19.0 Å². The monoisotopic (exact) mass is 725 g/mol. The van der Waals surface area contributed by atoms with Crippen LogP contribution in [0.15, 0.2) is 49.1 Å². The second kappa shape index (κ2) is 28.3. The third-order valence-electron chi connectivity index (χ3n) is 5.39. The maximum absolute atomic E-state index is 13.0. The molecule has 0 aromatic carbocycles. The van der Waals surface area contributed by atoms with E-state index in [9.17, 15) is 9.59 Å². The van der Waals surface area contributed by atoms with Crippen LogP contribution in [0.25, 0.3) is 0 Å². The molecule has 1 rings (SSSR count). The quantitative estimate of drug-likeness (QED) is 0.107. The van der Waals surface area contributed by atoms with Gasteiger partial charge in [0.25, 0.3) is 0 Å². The molecule has 0 radical (unpaired) electrons. The molecular formula is C33H64IN3O4S. The Bertz CT molecular complexity index is 764. The van der Waals surface area contributed by atoms with E-state index in [2.05, 4.69) is 35.3 Å². The van der Waals surface area contributed by atoms with E-state index in [1.807, 2.05) is 107 Å². The molecule has 0 bridgehead atoms. The first-order valence-electron chi connectivity index (χ1n) is 14.9. The molecule has 0 aliphatic heterocycles. The van der Waals surface area contributed by atoms with Gasteiger partial charge < -0.3 is 25.0 Å². The number of hydrogen-bond donors (Lipinski definition) is 2. The van der Waals surface area contributed by atoms with Crippen LogP contribution in [0.5, 0.6) is 0 Å². The molecule has 2 amide bonds. The topological polar surface area (TPSA) is 85.1 Å². The van der Waals surface area contributed by atoms with Crippen LogP contribution in [-0.2, 0) is 9.47 Å². The number of allylic oxidation sites excluding steroid dienone is 3. The SMILES string of the molecule is C=C.C=C/C(=C\C=C(C)C)CN(CCCN(C(=O)OC(C)(C)C)C1CCCCC1)C(=O)OC(C)(C)C.CC.CN.SI.